The number of hydrogen-bond acceptors (Lipinski definition) is 2. The van der Waals surface area contributed by atoms with E-state index in [1.165, 1.54) is 6.92 Å². The van der Waals surface area contributed by atoms with Crippen molar-refractivity contribution in [2.45, 2.75) is 12.0 Å². The first kappa shape index (κ1) is 7.88. The molecule has 2 nitrogen and oxygen atoms in total. The fraction of sp³-hybridized carbons (Fsp3) is 0.750. The topological polar surface area (TPSA) is 26.3 Å². The second-order valence-corrected chi connectivity index (χ2v) is 2.19. The van der Waals surface area contributed by atoms with E-state index in [2.05, 4.69) is 20.7 Å². The first-order chi connectivity index (χ1) is 3.63. The van der Waals surface area contributed by atoms with E-state index in [0.717, 1.165) is 0 Å². The van der Waals surface area contributed by atoms with Crippen molar-refractivity contribution in [3.8, 4) is 0 Å². The Morgan fingerprint density at radius 1 is 2.00 bits per heavy atom. The highest BCUT2D eigenvalue weighted by molar-refractivity contribution is 9.09. The fourth-order valence-electron chi connectivity index (χ4n) is 0.180. The lowest BCUT2D eigenvalue weighted by Gasteiger charge is -1.98. The summed E-state index contributed by atoms with van der Waals surface area (Å²) in [7, 11) is 0. The van der Waals surface area contributed by atoms with Gasteiger partial charge in [-0.05, 0) is 15.9 Å². The first-order valence-corrected chi connectivity index (χ1v) is 2.96. The molecule has 8 heavy (non-hydrogen) atoms. The predicted octanol–water partition coefficient (Wildman–Crippen LogP) is 1.24. The smallest absolute Gasteiger partial charge is 0.302 e. The van der Waals surface area contributed by atoms with E-state index >= 15 is 0 Å². The quantitative estimate of drug-likeness (QED) is 0.477. The Bertz CT molecular complexity index is 84.1. The highest BCUT2D eigenvalue weighted by Crippen LogP contribution is 1.99. The summed E-state index contributed by atoms with van der Waals surface area (Å²) >= 11 is 2.56. The molecule has 0 bridgehead atoms. The molecule has 0 aliphatic rings. The molecule has 0 rings (SSSR count). The van der Waals surface area contributed by atoms with Gasteiger partial charge in [0.25, 0.3) is 0 Å². The zero-order chi connectivity index (χ0) is 6.57. The SMILES string of the molecule is CC(=O)OCC(F)Br. The van der Waals surface area contributed by atoms with E-state index < -0.39 is 11.1 Å². The van der Waals surface area contributed by atoms with Crippen LogP contribution >= 0.6 is 15.9 Å². The number of hydrogen-bond donors (Lipinski definition) is 0. The Balaban J connectivity index is 3.05. The number of alkyl halides is 2. The van der Waals surface area contributed by atoms with Crippen LogP contribution in [0.4, 0.5) is 4.39 Å². The van der Waals surface area contributed by atoms with Crippen LogP contribution in [0.15, 0.2) is 0 Å². The van der Waals surface area contributed by atoms with Gasteiger partial charge in [0.15, 0.2) is 5.08 Å². The zero-order valence-electron chi connectivity index (χ0n) is 4.36. The van der Waals surface area contributed by atoms with Gasteiger partial charge in [-0.15, -0.1) is 0 Å². The van der Waals surface area contributed by atoms with Crippen molar-refractivity contribution < 1.29 is 13.9 Å². The molecule has 0 aromatic heterocycles. The third-order valence-electron chi connectivity index (χ3n) is 0.413. The normalized spacial score (nSPS) is 12.9. The first-order valence-electron chi connectivity index (χ1n) is 2.04. The van der Waals surface area contributed by atoms with E-state index in [1.54, 1.807) is 0 Å². The molecule has 0 aliphatic heterocycles. The van der Waals surface area contributed by atoms with E-state index in [9.17, 15) is 9.18 Å². The van der Waals surface area contributed by atoms with Crippen LogP contribution in [0.5, 0.6) is 0 Å². The van der Waals surface area contributed by atoms with Gasteiger partial charge in [0.1, 0.15) is 6.61 Å². The summed E-state index contributed by atoms with van der Waals surface area (Å²) in [4.78, 5) is 9.94. The second kappa shape index (κ2) is 3.83. The van der Waals surface area contributed by atoms with Crippen LogP contribution in [0.25, 0.3) is 0 Å². The van der Waals surface area contributed by atoms with Gasteiger partial charge in [-0.2, -0.15) is 0 Å². The third kappa shape index (κ3) is 5.88. The molecular formula is C4H6BrFO2. The van der Waals surface area contributed by atoms with Gasteiger partial charge in [0, 0.05) is 6.92 Å². The molecule has 4 heteroatoms. The molecule has 0 aliphatic carbocycles. The molecular weight excluding hydrogens is 179 g/mol. The van der Waals surface area contributed by atoms with Crippen LogP contribution in [0, 0.1) is 0 Å². The molecule has 0 radical (unpaired) electrons. The lowest BCUT2D eigenvalue weighted by atomic mass is 10.7. The summed E-state index contributed by atoms with van der Waals surface area (Å²) in [6.45, 7) is 1.02. The summed E-state index contributed by atoms with van der Waals surface area (Å²) in [6, 6.07) is 0. The molecule has 0 saturated carbocycles. The number of carbonyl (C=O) groups excluding carboxylic acids is 1. The van der Waals surface area contributed by atoms with Gasteiger partial charge >= 0.3 is 5.97 Å². The van der Waals surface area contributed by atoms with Crippen LogP contribution in [-0.2, 0) is 9.53 Å². The Morgan fingerprint density at radius 3 is 2.62 bits per heavy atom. The van der Waals surface area contributed by atoms with Crippen molar-refractivity contribution in [2.75, 3.05) is 6.61 Å². The lowest BCUT2D eigenvalue weighted by Crippen LogP contribution is -2.06. The monoisotopic (exact) mass is 184 g/mol. The third-order valence-corrected chi connectivity index (χ3v) is 0.677. The molecule has 0 saturated heterocycles. The van der Waals surface area contributed by atoms with E-state index in [4.69, 9.17) is 0 Å². The van der Waals surface area contributed by atoms with Gasteiger partial charge in [0.05, 0.1) is 0 Å². The van der Waals surface area contributed by atoms with E-state index in [1.807, 2.05) is 0 Å². The highest BCUT2D eigenvalue weighted by atomic mass is 79.9. The van der Waals surface area contributed by atoms with Crippen molar-refractivity contribution in [3.05, 3.63) is 0 Å². The van der Waals surface area contributed by atoms with E-state index in [0.29, 0.717) is 0 Å². The molecule has 0 spiro atoms. The number of ether oxygens (including phenoxy) is 1. The molecule has 48 valence electrons. The van der Waals surface area contributed by atoms with Gasteiger partial charge < -0.3 is 4.74 Å². The summed E-state index contributed by atoms with van der Waals surface area (Å²) in [5.41, 5.74) is 0. The zero-order valence-corrected chi connectivity index (χ0v) is 5.94. The van der Waals surface area contributed by atoms with E-state index in [-0.39, 0.29) is 6.61 Å². The van der Waals surface area contributed by atoms with Gasteiger partial charge in [-0.25, -0.2) is 4.39 Å². The average Bonchev–Trinajstić information content (AvgIpc) is 1.61. The fourth-order valence-corrected chi connectivity index (χ4v) is 0.313. The van der Waals surface area contributed by atoms with Crippen LogP contribution in [0.2, 0.25) is 0 Å². The highest BCUT2D eigenvalue weighted by Gasteiger charge is 2.00. The Morgan fingerprint density at radius 2 is 2.50 bits per heavy atom. The maximum Gasteiger partial charge on any atom is 0.302 e. The van der Waals surface area contributed by atoms with Crippen LogP contribution in [-0.4, -0.2) is 17.7 Å². The Labute approximate surface area is 55.1 Å². The molecule has 0 heterocycles. The molecule has 0 aromatic carbocycles. The predicted molar refractivity (Wildman–Crippen MR) is 30.5 cm³/mol. The van der Waals surface area contributed by atoms with Crippen molar-refractivity contribution in [1.29, 1.82) is 0 Å². The van der Waals surface area contributed by atoms with Crippen LogP contribution < -0.4 is 0 Å². The molecule has 1 atom stereocenters. The van der Waals surface area contributed by atoms with Gasteiger partial charge in [0.2, 0.25) is 0 Å². The number of carbonyl (C=O) groups is 1. The minimum absolute atomic E-state index is 0.213. The molecule has 0 fully saturated rings. The molecule has 0 aromatic rings. The maximum atomic E-state index is 11.7. The Kier molecular flexibility index (Phi) is 3.77. The van der Waals surface area contributed by atoms with Crippen molar-refractivity contribution >= 4 is 21.9 Å². The van der Waals surface area contributed by atoms with Crippen LogP contribution in [0.3, 0.4) is 0 Å². The van der Waals surface area contributed by atoms with Gasteiger partial charge in [-0.3, -0.25) is 4.79 Å². The number of halogens is 2. The summed E-state index contributed by atoms with van der Waals surface area (Å²) in [5.74, 6) is -0.466. The standard InChI is InChI=1S/C4H6BrFO2/c1-3(7)8-2-4(5)6/h4H,2H2,1H3. The Hall–Kier alpha value is -0.120. The number of rotatable bonds is 2. The molecule has 1 unspecified atom stereocenters. The number of esters is 1. The largest absolute Gasteiger partial charge is 0.462 e. The van der Waals surface area contributed by atoms with Crippen molar-refractivity contribution in [3.63, 3.8) is 0 Å². The minimum atomic E-state index is -1.24. The minimum Gasteiger partial charge on any atom is -0.462 e. The van der Waals surface area contributed by atoms with Gasteiger partial charge in [-0.1, -0.05) is 0 Å². The molecule has 0 amide bonds. The molecule has 0 N–H and O–H groups in total. The van der Waals surface area contributed by atoms with Crippen molar-refractivity contribution in [1.82, 2.24) is 0 Å². The second-order valence-electron chi connectivity index (χ2n) is 1.19. The summed E-state index contributed by atoms with van der Waals surface area (Å²) in [6.07, 6.45) is 0. The lowest BCUT2D eigenvalue weighted by molar-refractivity contribution is -0.141. The van der Waals surface area contributed by atoms with Crippen molar-refractivity contribution in [2.24, 2.45) is 0 Å². The summed E-state index contributed by atoms with van der Waals surface area (Å²) in [5, 5.41) is -1.24. The summed E-state index contributed by atoms with van der Waals surface area (Å²) < 4.78 is 15.9. The maximum absolute atomic E-state index is 11.7. The van der Waals surface area contributed by atoms with Crippen LogP contribution in [0.1, 0.15) is 6.92 Å². The average molecular weight is 185 g/mol.